The van der Waals surface area contributed by atoms with Crippen LogP contribution in [0, 0.1) is 11.8 Å². The molecule has 3 N–H and O–H groups in total. The second-order valence-corrected chi connectivity index (χ2v) is 42.1. The summed E-state index contributed by atoms with van der Waals surface area (Å²) in [5, 5.41) is 28.4. The zero-order chi connectivity index (χ0) is 80.2. The summed E-state index contributed by atoms with van der Waals surface area (Å²) in [5.41, 5.74) is 4.57. The van der Waals surface area contributed by atoms with Crippen LogP contribution in [0.4, 0.5) is 0 Å². The third-order valence-corrected chi connectivity index (χ3v) is 33.5. The average Bonchev–Trinajstić information content (AvgIpc) is 0.760. The van der Waals surface area contributed by atoms with Crippen molar-refractivity contribution >= 4 is 65.3 Å². The van der Waals surface area contributed by atoms with Crippen LogP contribution in [0.2, 0.25) is 10.1 Å². The summed E-state index contributed by atoms with van der Waals surface area (Å²) in [5.74, 6) is -0.677. The van der Waals surface area contributed by atoms with E-state index in [-0.39, 0.29) is 96.3 Å². The molecular weight excluding hydrogens is 1510 g/mol. The summed E-state index contributed by atoms with van der Waals surface area (Å²) in [6.45, 7) is 26.5. The molecule has 0 radical (unpaired) electrons. The number of amides is 1. The second kappa shape index (κ2) is 40.8. The standard InChI is InChI=1S/C92H123BrN2O15Si2/c1-63(41-44-70(99-12)30-29-48-93)52-85(110-112(91(9,10)11,79-35-24-18-25-36-79)80-37-26-19-27-38-80)84-57-76(101-14)58-92(102-15,108-84)59-87-94-69(62-103-87)53-65(3)88-67(5)89(104-61-68-42-45-71(100-13)46-43-68)66(4)82(107-88)39-28-40-86(98)95-81(60-97)83-56-75(55-74(106-83)54-73-51-64(2)50-72(105-73)47-49-96)109-111(90(6,7)8,77-31-20-16-21-32-77)78-33-22-17-23-34-78/h16-29,31-38,40-46,48,52-53,62,66-67,70,72-76,81-85,88-89,96-97H,2,30,39,47,49-51,54-61H2,1,3-15H3,(H,95,98)/b40-28+,44-41+,48-29+,63-52+,65-53+/t66-,67-,70+,72-,73+,74+,75-,76+,81+,82+,83+,84+,85+,88-,89-,92-/m0/s1. The first-order chi connectivity index (χ1) is 53.8. The summed E-state index contributed by atoms with van der Waals surface area (Å²) in [7, 11) is 0.523. The molecule has 4 aliphatic rings. The number of carbonyl (C=O) groups is 1. The normalized spacial score (nSPS) is 26.2. The Morgan fingerprint density at radius 3 is 1.90 bits per heavy atom. The monoisotopic (exact) mass is 1630 g/mol. The minimum absolute atomic E-state index is 0.0217. The number of aliphatic hydroxyl groups is 2. The number of nitrogens with one attached hydrogen (secondary N) is 1. The maximum Gasteiger partial charge on any atom is 0.262 e. The van der Waals surface area contributed by atoms with Crippen LogP contribution in [0.5, 0.6) is 5.75 Å². The van der Waals surface area contributed by atoms with Crippen molar-refractivity contribution < 1.29 is 70.9 Å². The van der Waals surface area contributed by atoms with E-state index in [1.165, 1.54) is 0 Å². The molecule has 0 saturated carbocycles. The average molecular weight is 1630 g/mol. The molecule has 5 heterocycles. The first kappa shape index (κ1) is 87.8. The quantitative estimate of drug-likeness (QED) is 0.0147. The Labute approximate surface area is 677 Å². The first-order valence-electron chi connectivity index (χ1n) is 40.0. The Morgan fingerprint density at radius 1 is 0.732 bits per heavy atom. The SMILES string of the molecule is C=C1C[C@H](C[C@@H]2C[C@H](O[Si](c3ccccc3)(c3ccccc3)C(C)(C)C)C[C@H]([C@@H](CO)NC(=O)/C=C/C[C@H]3O[C@@H](/C(C)=C/c4coc(C[C@]5(OC)C[C@H](OC)C[C@H]([C@@H](/C=C(C)/C=C/[C@@H](C/C=C/Br)OC)O[Si](c6ccccc6)(c6ccccc6)C(C)(C)C)O5)n4)[C@H](C)[C@@H](OCc4ccc(OC)cc4)[C@H]3C)O2)O[C@@H](CCO)C1. The van der Waals surface area contributed by atoms with Crippen molar-refractivity contribution in [3.05, 3.63) is 234 Å². The highest BCUT2D eigenvalue weighted by Crippen LogP contribution is 2.45. The van der Waals surface area contributed by atoms with Crippen LogP contribution < -0.4 is 30.8 Å². The van der Waals surface area contributed by atoms with Gasteiger partial charge in [0.15, 0.2) is 11.7 Å². The van der Waals surface area contributed by atoms with E-state index in [0.29, 0.717) is 82.4 Å². The van der Waals surface area contributed by atoms with Gasteiger partial charge in [0.2, 0.25) is 5.91 Å². The number of carbonyl (C=O) groups excluding carboxylic acids is 1. The number of aromatic nitrogens is 1. The van der Waals surface area contributed by atoms with Gasteiger partial charge in [-0.1, -0.05) is 253 Å². The molecular formula is C92H123BrN2O15Si2. The highest BCUT2D eigenvalue weighted by atomic mass is 79.9. The van der Waals surface area contributed by atoms with E-state index in [9.17, 15) is 15.0 Å². The van der Waals surface area contributed by atoms with Gasteiger partial charge in [-0.15, -0.1) is 0 Å². The summed E-state index contributed by atoms with van der Waals surface area (Å²) in [6, 6.07) is 49.6. The summed E-state index contributed by atoms with van der Waals surface area (Å²) in [6.07, 6.45) is 16.8. The fourth-order valence-electron chi connectivity index (χ4n) is 17.3. The first-order valence-corrected chi connectivity index (χ1v) is 44.7. The molecule has 0 aliphatic carbocycles. The fourth-order valence-corrected chi connectivity index (χ4v) is 26.9. The largest absolute Gasteiger partial charge is 0.497 e. The van der Waals surface area contributed by atoms with Crippen molar-refractivity contribution in [1.29, 1.82) is 0 Å². The number of benzene rings is 5. The molecule has 0 spiro atoms. The molecule has 0 bridgehead atoms. The van der Waals surface area contributed by atoms with Crippen LogP contribution in [-0.4, -0.2) is 164 Å². The van der Waals surface area contributed by atoms with Gasteiger partial charge in [-0.3, -0.25) is 4.79 Å². The lowest BCUT2D eigenvalue weighted by Gasteiger charge is -2.49. The van der Waals surface area contributed by atoms with Gasteiger partial charge in [-0.25, -0.2) is 4.98 Å². The molecule has 112 heavy (non-hydrogen) atoms. The van der Waals surface area contributed by atoms with Gasteiger partial charge in [-0.05, 0) is 124 Å². The predicted molar refractivity (Wildman–Crippen MR) is 452 cm³/mol. The fraction of sp³-hybridized carbons (Fsp3) is 0.500. The topological polar surface area (TPSA) is 197 Å². The molecule has 10 rings (SSSR count). The molecule has 4 aliphatic heterocycles. The third kappa shape index (κ3) is 22.1. The summed E-state index contributed by atoms with van der Waals surface area (Å²) >= 11 is 3.42. The van der Waals surface area contributed by atoms with Gasteiger partial charge in [0.25, 0.3) is 16.6 Å². The molecule has 0 unspecified atom stereocenters. The van der Waals surface area contributed by atoms with Gasteiger partial charge in [0, 0.05) is 65.5 Å². The van der Waals surface area contributed by atoms with Crippen LogP contribution >= 0.6 is 15.9 Å². The van der Waals surface area contributed by atoms with Crippen LogP contribution in [0.3, 0.4) is 0 Å². The van der Waals surface area contributed by atoms with Crippen LogP contribution in [0.15, 0.2) is 221 Å². The Kier molecular flexibility index (Phi) is 32.0. The molecule has 4 saturated heterocycles. The van der Waals surface area contributed by atoms with E-state index in [1.54, 1.807) is 40.8 Å². The van der Waals surface area contributed by atoms with Crippen LogP contribution in [-0.2, 0) is 64.6 Å². The van der Waals surface area contributed by atoms with E-state index in [4.69, 9.17) is 60.9 Å². The summed E-state index contributed by atoms with van der Waals surface area (Å²) in [4.78, 5) is 21.5. The van der Waals surface area contributed by atoms with Crippen LogP contribution in [0.1, 0.15) is 151 Å². The Hall–Kier alpha value is -6.55. The number of rotatable bonds is 35. The number of halogens is 1. The number of ether oxygens (including phenoxy) is 9. The van der Waals surface area contributed by atoms with Gasteiger partial charge in [0.05, 0.1) is 106 Å². The van der Waals surface area contributed by atoms with E-state index < -0.39 is 52.9 Å². The highest BCUT2D eigenvalue weighted by Gasteiger charge is 2.56. The van der Waals surface area contributed by atoms with Gasteiger partial charge in [0.1, 0.15) is 17.7 Å². The van der Waals surface area contributed by atoms with Crippen molar-refractivity contribution in [2.75, 3.05) is 41.7 Å². The maximum absolute atomic E-state index is 14.5. The zero-order valence-corrected chi connectivity index (χ0v) is 71.9. The molecule has 1 aromatic heterocycles. The number of nitrogens with zero attached hydrogens (tertiary/aromatic N) is 1. The lowest BCUT2D eigenvalue weighted by molar-refractivity contribution is -0.297. The lowest BCUT2D eigenvalue weighted by atomic mass is 9.79. The van der Waals surface area contributed by atoms with Crippen molar-refractivity contribution in [2.24, 2.45) is 11.8 Å². The predicted octanol–water partition coefficient (Wildman–Crippen LogP) is 15.3. The van der Waals surface area contributed by atoms with Gasteiger partial charge < -0.3 is 71.4 Å². The number of oxazole rings is 1. The number of allylic oxidation sites excluding steroid dienone is 2. The molecule has 20 heteroatoms. The van der Waals surface area contributed by atoms with Gasteiger partial charge in [-0.2, -0.15) is 0 Å². The Bertz CT molecular complexity index is 3970. The minimum atomic E-state index is -3.20. The van der Waals surface area contributed by atoms with E-state index in [1.807, 2.05) is 59.6 Å². The molecule has 4 fully saturated rings. The molecule has 17 nitrogen and oxygen atoms in total. The molecule has 16 atom stereocenters. The van der Waals surface area contributed by atoms with Gasteiger partial charge >= 0.3 is 0 Å². The highest BCUT2D eigenvalue weighted by molar-refractivity contribution is 9.11. The zero-order valence-electron chi connectivity index (χ0n) is 68.3. The van der Waals surface area contributed by atoms with Crippen molar-refractivity contribution in [3.8, 4) is 5.75 Å². The smallest absolute Gasteiger partial charge is 0.262 e. The lowest BCUT2D eigenvalue weighted by Crippen LogP contribution is -2.69. The van der Waals surface area contributed by atoms with E-state index in [2.05, 4.69) is 224 Å². The maximum atomic E-state index is 14.5. The number of hydrogen-bond donors (Lipinski definition) is 3. The molecule has 5 aromatic carbocycles. The van der Waals surface area contributed by atoms with Crippen molar-refractivity contribution in [1.82, 2.24) is 10.3 Å². The van der Waals surface area contributed by atoms with Crippen molar-refractivity contribution in [3.63, 3.8) is 0 Å². The molecule has 606 valence electrons. The Morgan fingerprint density at radius 2 is 1.34 bits per heavy atom. The third-order valence-electron chi connectivity index (χ3n) is 23.0. The van der Waals surface area contributed by atoms with Crippen molar-refractivity contribution in [2.45, 2.75) is 242 Å². The minimum Gasteiger partial charge on any atom is -0.497 e. The Balaban J connectivity index is 0.898. The number of methoxy groups -OCH3 is 4. The number of aliphatic hydroxyl groups excluding tert-OH is 2. The molecule has 6 aromatic rings. The van der Waals surface area contributed by atoms with E-state index in [0.717, 1.165) is 48.8 Å². The molecule has 1 amide bonds. The number of hydrogen-bond acceptors (Lipinski definition) is 16. The van der Waals surface area contributed by atoms with Crippen LogP contribution in [0.25, 0.3) is 6.08 Å². The summed E-state index contributed by atoms with van der Waals surface area (Å²) < 4.78 is 81.7. The second-order valence-electron chi connectivity index (χ2n) is 33.0. The van der Waals surface area contributed by atoms with E-state index >= 15 is 0 Å².